The number of hydrogen-bond acceptors (Lipinski definition) is 4. The van der Waals surface area contributed by atoms with Gasteiger partial charge in [0.15, 0.2) is 0 Å². The van der Waals surface area contributed by atoms with E-state index in [0.717, 1.165) is 5.56 Å². The Hall–Kier alpha value is -2.57. The van der Waals surface area contributed by atoms with E-state index in [4.69, 9.17) is 0 Å². The second kappa shape index (κ2) is 4.02. The maximum Gasteiger partial charge on any atom is 0.278 e. The Kier molecular flexibility index (Phi) is 2.36. The first-order valence-electron chi connectivity index (χ1n) is 5.26. The van der Waals surface area contributed by atoms with Gasteiger partial charge in [-0.3, -0.25) is 4.79 Å². The lowest BCUT2D eigenvalue weighted by molar-refractivity contribution is 0.627. The van der Waals surface area contributed by atoms with Gasteiger partial charge < -0.3 is 0 Å². The molecular weight excluding hydrogens is 237 g/mol. The van der Waals surface area contributed by atoms with E-state index < -0.39 is 0 Å². The van der Waals surface area contributed by atoms with Crippen LogP contribution < -0.4 is 5.56 Å². The molecule has 3 aromatic rings. The average molecular weight is 245 g/mol. The van der Waals surface area contributed by atoms with Crippen molar-refractivity contribution in [1.82, 2.24) is 25.0 Å². The lowest BCUT2D eigenvalue weighted by Crippen LogP contribution is -2.20. The van der Waals surface area contributed by atoms with Crippen molar-refractivity contribution in [1.29, 1.82) is 0 Å². The van der Waals surface area contributed by atoms with Crippen molar-refractivity contribution < 1.29 is 4.39 Å². The van der Waals surface area contributed by atoms with Crippen LogP contribution in [0.2, 0.25) is 0 Å². The smallest absolute Gasteiger partial charge is 0.267 e. The number of tetrazole rings is 1. The molecule has 0 unspecified atom stereocenters. The molecule has 0 aliphatic rings. The number of aromatic amines is 1. The van der Waals surface area contributed by atoms with Crippen molar-refractivity contribution in [2.45, 2.75) is 6.42 Å². The summed E-state index contributed by atoms with van der Waals surface area (Å²) in [4.78, 5) is 16.0. The van der Waals surface area contributed by atoms with E-state index in [1.165, 1.54) is 22.8 Å². The summed E-state index contributed by atoms with van der Waals surface area (Å²) in [6.07, 6.45) is 1.84. The van der Waals surface area contributed by atoms with E-state index in [1.54, 1.807) is 12.1 Å². The van der Waals surface area contributed by atoms with Gasteiger partial charge >= 0.3 is 0 Å². The number of fused-ring (bicyclic) bond motifs is 1. The zero-order chi connectivity index (χ0) is 12.5. The maximum atomic E-state index is 12.8. The first-order valence-corrected chi connectivity index (χ1v) is 5.26. The molecule has 0 aliphatic heterocycles. The van der Waals surface area contributed by atoms with Gasteiger partial charge in [-0.2, -0.15) is 9.73 Å². The molecule has 1 N–H and O–H groups in total. The summed E-state index contributed by atoms with van der Waals surface area (Å²) in [6.45, 7) is 0. The molecule has 7 heteroatoms. The van der Waals surface area contributed by atoms with Gasteiger partial charge in [0.1, 0.15) is 5.82 Å². The molecule has 0 amide bonds. The Balaban J connectivity index is 2.02. The van der Waals surface area contributed by atoms with Crippen molar-refractivity contribution in [3.8, 4) is 0 Å². The highest BCUT2D eigenvalue weighted by Gasteiger charge is 2.07. The summed E-state index contributed by atoms with van der Waals surface area (Å²) in [7, 11) is 0. The minimum Gasteiger partial charge on any atom is -0.267 e. The number of benzene rings is 1. The molecular formula is C11H8FN5O. The van der Waals surface area contributed by atoms with Crippen LogP contribution in [0.15, 0.2) is 35.3 Å². The molecule has 1 aromatic carbocycles. The summed E-state index contributed by atoms with van der Waals surface area (Å²) in [5.41, 5.74) is 1.07. The van der Waals surface area contributed by atoms with Crippen LogP contribution in [0.1, 0.15) is 11.1 Å². The Labute approximate surface area is 100 Å². The zero-order valence-electron chi connectivity index (χ0n) is 9.17. The summed E-state index contributed by atoms with van der Waals surface area (Å²) in [5.74, 6) is -0.0790. The van der Waals surface area contributed by atoms with Gasteiger partial charge in [0.25, 0.3) is 11.3 Å². The summed E-state index contributed by atoms with van der Waals surface area (Å²) < 4.78 is 13.9. The predicted molar refractivity (Wildman–Crippen MR) is 60.6 cm³/mol. The second-order valence-corrected chi connectivity index (χ2v) is 3.83. The quantitative estimate of drug-likeness (QED) is 0.715. The topological polar surface area (TPSA) is 75.9 Å². The molecule has 3 rings (SSSR count). The van der Waals surface area contributed by atoms with Gasteiger partial charge in [0.05, 0.1) is 0 Å². The molecule has 90 valence electrons. The van der Waals surface area contributed by atoms with Gasteiger partial charge in [-0.1, -0.05) is 17.2 Å². The van der Waals surface area contributed by atoms with E-state index in [-0.39, 0.29) is 17.2 Å². The van der Waals surface area contributed by atoms with Crippen molar-refractivity contribution >= 4 is 5.78 Å². The highest BCUT2D eigenvalue weighted by molar-refractivity contribution is 5.28. The van der Waals surface area contributed by atoms with Crippen molar-refractivity contribution in [3.63, 3.8) is 0 Å². The van der Waals surface area contributed by atoms with Crippen LogP contribution >= 0.6 is 0 Å². The van der Waals surface area contributed by atoms with Gasteiger partial charge in [0, 0.05) is 18.2 Å². The van der Waals surface area contributed by atoms with Crippen LogP contribution in [0.25, 0.3) is 5.78 Å². The number of rotatable bonds is 2. The Morgan fingerprint density at radius 1 is 1.28 bits per heavy atom. The monoisotopic (exact) mass is 245 g/mol. The lowest BCUT2D eigenvalue weighted by atomic mass is 10.1. The van der Waals surface area contributed by atoms with Crippen molar-refractivity contribution in [2.24, 2.45) is 0 Å². The normalized spacial score (nSPS) is 10.9. The molecule has 0 aliphatic carbocycles. The van der Waals surface area contributed by atoms with E-state index in [1.807, 2.05) is 0 Å². The third-order valence-electron chi connectivity index (χ3n) is 2.61. The molecule has 0 fully saturated rings. The highest BCUT2D eigenvalue weighted by Crippen LogP contribution is 2.07. The van der Waals surface area contributed by atoms with Gasteiger partial charge in [-0.05, 0) is 22.9 Å². The average Bonchev–Trinajstić information content (AvgIpc) is 2.84. The lowest BCUT2D eigenvalue weighted by Gasteiger charge is -2.00. The molecule has 0 saturated carbocycles. The first-order chi connectivity index (χ1) is 8.74. The summed E-state index contributed by atoms with van der Waals surface area (Å²) in [5, 5.41) is 9.58. The summed E-state index contributed by atoms with van der Waals surface area (Å²) >= 11 is 0. The molecule has 0 radical (unpaired) electrons. The highest BCUT2D eigenvalue weighted by atomic mass is 19.1. The summed E-state index contributed by atoms with van der Waals surface area (Å²) in [6, 6.07) is 5.98. The van der Waals surface area contributed by atoms with Gasteiger partial charge in [-0.25, -0.2) is 9.37 Å². The number of nitrogens with one attached hydrogen (secondary N) is 1. The van der Waals surface area contributed by atoms with E-state index in [9.17, 15) is 9.18 Å². The molecule has 2 heterocycles. The van der Waals surface area contributed by atoms with Gasteiger partial charge in [0.2, 0.25) is 0 Å². The first kappa shape index (κ1) is 10.6. The second-order valence-electron chi connectivity index (χ2n) is 3.83. The van der Waals surface area contributed by atoms with Crippen molar-refractivity contribution in [2.75, 3.05) is 0 Å². The van der Waals surface area contributed by atoms with E-state index in [2.05, 4.69) is 20.5 Å². The number of halogens is 1. The fourth-order valence-corrected chi connectivity index (χ4v) is 1.70. The third-order valence-corrected chi connectivity index (χ3v) is 2.61. The number of aromatic nitrogens is 5. The Bertz CT molecular complexity index is 746. The van der Waals surface area contributed by atoms with Crippen LogP contribution in [0.3, 0.4) is 0 Å². The van der Waals surface area contributed by atoms with Crippen LogP contribution in [0, 0.1) is 5.82 Å². The number of H-pyrrole nitrogens is 1. The van der Waals surface area contributed by atoms with E-state index in [0.29, 0.717) is 12.0 Å². The van der Waals surface area contributed by atoms with Gasteiger partial charge in [-0.15, -0.1) is 0 Å². The number of hydrogen-bond donors (Lipinski definition) is 1. The third kappa shape index (κ3) is 1.75. The zero-order valence-corrected chi connectivity index (χ0v) is 9.17. The molecule has 6 nitrogen and oxygen atoms in total. The molecule has 0 saturated heterocycles. The molecule has 2 aromatic heterocycles. The van der Waals surface area contributed by atoms with Crippen LogP contribution in [0.5, 0.6) is 0 Å². The molecule has 0 atom stereocenters. The minimum absolute atomic E-state index is 0.225. The Morgan fingerprint density at radius 3 is 2.83 bits per heavy atom. The van der Waals surface area contributed by atoms with Crippen LogP contribution in [0.4, 0.5) is 4.39 Å². The molecule has 0 spiro atoms. The standard InChI is InChI=1S/C11H8FN5O/c12-9-3-1-7(2-4-9)5-8-6-13-11-14-15-16-17(11)10(8)18/h1-4,6H,5H2,(H,13,14,16). The largest absolute Gasteiger partial charge is 0.278 e. The number of nitrogens with zero attached hydrogens (tertiary/aromatic N) is 4. The Morgan fingerprint density at radius 2 is 2.06 bits per heavy atom. The SMILES string of the molecule is O=c1c(Cc2ccc(F)cc2)cnc2nn[nH]n12. The van der Waals surface area contributed by atoms with E-state index >= 15 is 0 Å². The molecule has 0 bridgehead atoms. The maximum absolute atomic E-state index is 12.8. The fraction of sp³-hybridized carbons (Fsp3) is 0.0909. The van der Waals surface area contributed by atoms with Crippen molar-refractivity contribution in [3.05, 3.63) is 57.8 Å². The molecule has 18 heavy (non-hydrogen) atoms. The fourth-order valence-electron chi connectivity index (χ4n) is 1.70. The van der Waals surface area contributed by atoms with Crippen LogP contribution in [-0.2, 0) is 6.42 Å². The van der Waals surface area contributed by atoms with Crippen LogP contribution in [-0.4, -0.2) is 25.0 Å². The predicted octanol–water partition coefficient (Wildman–Crippen LogP) is 0.542. The minimum atomic E-state index is -0.304.